The molecule has 3 aromatic rings. The van der Waals surface area contributed by atoms with Crippen LogP contribution < -0.4 is 15.8 Å². The number of hydrogen-bond donors (Lipinski definition) is 2. The van der Waals surface area contributed by atoms with E-state index in [4.69, 9.17) is 0 Å². The number of benzene rings is 2. The first-order valence-corrected chi connectivity index (χ1v) is 10.8. The average molecular weight is 435 g/mol. The van der Waals surface area contributed by atoms with Crippen LogP contribution in [0.2, 0.25) is 0 Å². The van der Waals surface area contributed by atoms with Crippen LogP contribution in [-0.4, -0.2) is 29.3 Å². The predicted octanol–water partition coefficient (Wildman–Crippen LogP) is 3.25. The lowest BCUT2D eigenvalue weighted by molar-refractivity contribution is -0.121. The van der Waals surface area contributed by atoms with Crippen LogP contribution in [0.15, 0.2) is 54.6 Å². The van der Waals surface area contributed by atoms with Gasteiger partial charge < -0.3 is 4.90 Å². The molecule has 8 heteroatoms. The Bertz CT molecular complexity index is 1110. The van der Waals surface area contributed by atoms with Crippen LogP contribution in [0.1, 0.15) is 33.8 Å². The minimum absolute atomic E-state index is 0.117. The molecule has 158 valence electrons. The lowest BCUT2D eigenvalue weighted by Gasteiger charge is -2.15. The van der Waals surface area contributed by atoms with Crippen LogP contribution in [0, 0.1) is 6.92 Å². The van der Waals surface area contributed by atoms with E-state index in [0.717, 1.165) is 34.8 Å². The first-order valence-electron chi connectivity index (χ1n) is 10.0. The van der Waals surface area contributed by atoms with Gasteiger partial charge in [-0.2, -0.15) is 0 Å². The molecule has 2 aromatic carbocycles. The van der Waals surface area contributed by atoms with Crippen LogP contribution in [0.3, 0.4) is 0 Å². The normalized spacial score (nSPS) is 13.3. The van der Waals surface area contributed by atoms with Gasteiger partial charge >= 0.3 is 0 Å². The summed E-state index contributed by atoms with van der Waals surface area (Å²) in [5.41, 5.74) is 8.12. The maximum Gasteiger partial charge on any atom is 0.281 e. The smallest absolute Gasteiger partial charge is 0.281 e. The number of anilines is 1. The highest BCUT2D eigenvalue weighted by molar-refractivity contribution is 7.17. The highest BCUT2D eigenvalue weighted by Gasteiger charge is 2.21. The number of hydrogen-bond acceptors (Lipinski definition) is 5. The summed E-state index contributed by atoms with van der Waals surface area (Å²) in [4.78, 5) is 43.2. The van der Waals surface area contributed by atoms with E-state index in [9.17, 15) is 14.4 Å². The van der Waals surface area contributed by atoms with Crippen LogP contribution >= 0.6 is 11.3 Å². The molecule has 0 unspecified atom stereocenters. The number of nitrogens with zero attached hydrogens (tertiary/aromatic N) is 2. The van der Waals surface area contributed by atoms with Gasteiger partial charge in [-0.05, 0) is 31.0 Å². The molecule has 7 nitrogen and oxygen atoms in total. The summed E-state index contributed by atoms with van der Waals surface area (Å²) in [5.74, 6) is -0.598. The minimum atomic E-state index is -0.395. The van der Waals surface area contributed by atoms with Crippen molar-refractivity contribution in [3.8, 4) is 10.6 Å². The summed E-state index contributed by atoms with van der Waals surface area (Å²) in [5, 5.41) is 0.756. The molecule has 4 rings (SSSR count). The number of hydrazine groups is 1. The Hall–Kier alpha value is -3.52. The molecule has 0 atom stereocenters. The summed E-state index contributed by atoms with van der Waals surface area (Å²) < 4.78 is 0. The van der Waals surface area contributed by atoms with Crippen molar-refractivity contribution >= 4 is 34.7 Å². The van der Waals surface area contributed by atoms with Crippen molar-refractivity contribution in [1.29, 1.82) is 0 Å². The van der Waals surface area contributed by atoms with E-state index in [-0.39, 0.29) is 18.2 Å². The minimum Gasteiger partial charge on any atom is -0.312 e. The second kappa shape index (κ2) is 9.09. The number of thiazole rings is 1. The molecule has 2 heterocycles. The maximum atomic E-state index is 12.5. The number of aryl methyl sites for hydroxylation is 1. The van der Waals surface area contributed by atoms with Crippen LogP contribution in [-0.2, 0) is 16.0 Å². The van der Waals surface area contributed by atoms with Gasteiger partial charge in [0.05, 0.1) is 12.1 Å². The Balaban J connectivity index is 1.32. The van der Waals surface area contributed by atoms with Crippen molar-refractivity contribution in [1.82, 2.24) is 15.8 Å². The predicted molar refractivity (Wildman–Crippen MR) is 120 cm³/mol. The Morgan fingerprint density at radius 3 is 2.48 bits per heavy atom. The number of aromatic nitrogens is 1. The van der Waals surface area contributed by atoms with Gasteiger partial charge in [-0.3, -0.25) is 25.2 Å². The standard InChI is InChI=1S/C23H22N4O3S/c1-15-21(31-23(24-15)17-6-3-2-4-7-17)22(30)26-25-19(28)14-16-9-11-18(12-10-16)27-13-5-8-20(27)29/h2-4,6-7,9-12H,5,8,13-14H2,1H3,(H,25,28)(H,26,30). The van der Waals surface area contributed by atoms with Gasteiger partial charge in [0.1, 0.15) is 9.88 Å². The third kappa shape index (κ3) is 4.80. The van der Waals surface area contributed by atoms with Gasteiger partial charge in [-0.25, -0.2) is 4.98 Å². The first-order chi connectivity index (χ1) is 15.0. The molecule has 0 saturated carbocycles. The van der Waals surface area contributed by atoms with E-state index < -0.39 is 5.91 Å². The topological polar surface area (TPSA) is 91.4 Å². The largest absolute Gasteiger partial charge is 0.312 e. The highest BCUT2D eigenvalue weighted by atomic mass is 32.1. The van der Waals surface area contributed by atoms with Crippen molar-refractivity contribution in [3.63, 3.8) is 0 Å². The lowest BCUT2D eigenvalue weighted by Crippen LogP contribution is -2.42. The summed E-state index contributed by atoms with van der Waals surface area (Å²) in [6.07, 6.45) is 1.57. The fourth-order valence-electron chi connectivity index (χ4n) is 3.44. The number of carbonyl (C=O) groups excluding carboxylic acids is 3. The van der Waals surface area contributed by atoms with Gasteiger partial charge in [0.25, 0.3) is 5.91 Å². The molecule has 0 bridgehead atoms. The zero-order valence-electron chi connectivity index (χ0n) is 17.1. The number of nitrogens with one attached hydrogen (secondary N) is 2. The molecule has 3 amide bonds. The molecule has 1 aromatic heterocycles. The fourth-order valence-corrected chi connectivity index (χ4v) is 4.41. The molecular weight excluding hydrogens is 412 g/mol. The molecule has 0 spiro atoms. The Labute approximate surface area is 184 Å². The van der Waals surface area contributed by atoms with Crippen LogP contribution in [0.4, 0.5) is 5.69 Å². The van der Waals surface area contributed by atoms with Gasteiger partial charge in [-0.1, -0.05) is 42.5 Å². The van der Waals surface area contributed by atoms with E-state index in [1.807, 2.05) is 54.6 Å². The van der Waals surface area contributed by atoms with E-state index in [1.54, 1.807) is 11.8 Å². The molecule has 0 aliphatic carbocycles. The third-order valence-corrected chi connectivity index (χ3v) is 6.23. The summed E-state index contributed by atoms with van der Waals surface area (Å²) in [6.45, 7) is 2.50. The van der Waals surface area contributed by atoms with Crippen molar-refractivity contribution < 1.29 is 14.4 Å². The van der Waals surface area contributed by atoms with Gasteiger partial charge in [0.2, 0.25) is 11.8 Å². The van der Waals surface area contributed by atoms with Crippen molar-refractivity contribution in [2.75, 3.05) is 11.4 Å². The van der Waals surface area contributed by atoms with E-state index in [1.165, 1.54) is 11.3 Å². The number of amides is 3. The maximum absolute atomic E-state index is 12.5. The monoisotopic (exact) mass is 434 g/mol. The van der Waals surface area contributed by atoms with Gasteiger partial charge in [-0.15, -0.1) is 11.3 Å². The number of rotatable bonds is 5. The average Bonchev–Trinajstić information content (AvgIpc) is 3.39. The summed E-state index contributed by atoms with van der Waals surface area (Å²) >= 11 is 1.28. The fraction of sp³-hybridized carbons (Fsp3) is 0.217. The molecule has 1 saturated heterocycles. The summed E-state index contributed by atoms with van der Waals surface area (Å²) in [6, 6.07) is 17.0. The molecule has 1 aliphatic heterocycles. The molecule has 2 N–H and O–H groups in total. The van der Waals surface area contributed by atoms with Gasteiger partial charge in [0, 0.05) is 24.2 Å². The van der Waals surface area contributed by atoms with E-state index in [0.29, 0.717) is 17.0 Å². The van der Waals surface area contributed by atoms with Crippen molar-refractivity contribution in [2.45, 2.75) is 26.2 Å². The van der Waals surface area contributed by atoms with Crippen molar-refractivity contribution in [3.05, 3.63) is 70.7 Å². The number of carbonyl (C=O) groups is 3. The van der Waals surface area contributed by atoms with Crippen LogP contribution in [0.25, 0.3) is 10.6 Å². The van der Waals surface area contributed by atoms with Crippen LogP contribution in [0.5, 0.6) is 0 Å². The first kappa shape index (κ1) is 20.7. The highest BCUT2D eigenvalue weighted by Crippen LogP contribution is 2.27. The Morgan fingerprint density at radius 1 is 1.06 bits per heavy atom. The lowest BCUT2D eigenvalue weighted by atomic mass is 10.1. The molecule has 31 heavy (non-hydrogen) atoms. The quantitative estimate of drug-likeness (QED) is 0.603. The second-order valence-corrected chi connectivity index (χ2v) is 8.29. The third-order valence-electron chi connectivity index (χ3n) is 5.03. The van der Waals surface area contributed by atoms with Crippen molar-refractivity contribution in [2.24, 2.45) is 0 Å². The molecule has 1 fully saturated rings. The molecule has 1 aliphatic rings. The summed E-state index contributed by atoms with van der Waals surface area (Å²) in [7, 11) is 0. The Kier molecular flexibility index (Phi) is 6.08. The van der Waals surface area contributed by atoms with E-state index >= 15 is 0 Å². The Morgan fingerprint density at radius 2 is 1.81 bits per heavy atom. The van der Waals surface area contributed by atoms with E-state index in [2.05, 4.69) is 15.8 Å². The second-order valence-electron chi connectivity index (χ2n) is 7.29. The van der Waals surface area contributed by atoms with Gasteiger partial charge in [0.15, 0.2) is 0 Å². The molecule has 0 radical (unpaired) electrons. The molecular formula is C23H22N4O3S. The SMILES string of the molecule is Cc1nc(-c2ccccc2)sc1C(=O)NNC(=O)Cc1ccc(N2CCCC2=O)cc1. The zero-order valence-corrected chi connectivity index (χ0v) is 17.9. The zero-order chi connectivity index (χ0) is 21.8.